The Morgan fingerprint density at radius 1 is 0.885 bits per heavy atom. The standard InChI is InChI=1S/C20H30N4O2/c21-18(25)16-22-10-7-13-23(15-14-22)19(17-8-3-1-4-9-17)20(26)24-11-5-2-6-12-24/h1,3-4,8-9,19H,2,5-7,10-16H2,(H2,21,25). The lowest BCUT2D eigenvalue weighted by Crippen LogP contribution is -2.46. The van der Waals surface area contributed by atoms with Crippen LogP contribution in [0.3, 0.4) is 0 Å². The third kappa shape index (κ3) is 4.83. The van der Waals surface area contributed by atoms with Gasteiger partial charge in [-0.3, -0.25) is 19.4 Å². The molecule has 3 rings (SSSR count). The van der Waals surface area contributed by atoms with Crippen LogP contribution in [-0.4, -0.2) is 72.3 Å². The Labute approximate surface area is 155 Å². The molecule has 1 unspecified atom stereocenters. The summed E-state index contributed by atoms with van der Waals surface area (Å²) in [5, 5.41) is 0. The molecule has 142 valence electrons. The fourth-order valence-corrected chi connectivity index (χ4v) is 4.06. The monoisotopic (exact) mass is 358 g/mol. The topological polar surface area (TPSA) is 69.9 Å². The fourth-order valence-electron chi connectivity index (χ4n) is 4.06. The first-order chi connectivity index (χ1) is 12.6. The second-order valence-electron chi connectivity index (χ2n) is 7.33. The van der Waals surface area contributed by atoms with Gasteiger partial charge in [-0.25, -0.2) is 0 Å². The molecule has 2 heterocycles. The number of likely N-dealkylation sites (tertiary alicyclic amines) is 1. The van der Waals surface area contributed by atoms with E-state index in [0.717, 1.165) is 64.1 Å². The van der Waals surface area contributed by atoms with E-state index in [4.69, 9.17) is 5.73 Å². The molecular weight excluding hydrogens is 328 g/mol. The van der Waals surface area contributed by atoms with Gasteiger partial charge in [-0.2, -0.15) is 0 Å². The summed E-state index contributed by atoms with van der Waals surface area (Å²) in [6, 6.07) is 9.87. The number of hydrogen-bond acceptors (Lipinski definition) is 4. The van der Waals surface area contributed by atoms with Crippen molar-refractivity contribution >= 4 is 11.8 Å². The Kier molecular flexibility index (Phi) is 6.63. The minimum Gasteiger partial charge on any atom is -0.369 e. The summed E-state index contributed by atoms with van der Waals surface area (Å²) in [6.45, 7) is 5.26. The van der Waals surface area contributed by atoms with Crippen LogP contribution in [0.25, 0.3) is 0 Å². The average molecular weight is 358 g/mol. The normalized spacial score (nSPS) is 21.2. The fraction of sp³-hybridized carbons (Fsp3) is 0.600. The maximum Gasteiger partial charge on any atom is 0.244 e. The predicted molar refractivity (Wildman–Crippen MR) is 101 cm³/mol. The molecule has 1 aromatic rings. The van der Waals surface area contributed by atoms with Crippen molar-refractivity contribution in [3.05, 3.63) is 35.9 Å². The second kappa shape index (κ2) is 9.14. The number of rotatable bonds is 5. The molecule has 0 aromatic heterocycles. The molecular formula is C20H30N4O2. The van der Waals surface area contributed by atoms with E-state index in [9.17, 15) is 9.59 Å². The van der Waals surface area contributed by atoms with Crippen molar-refractivity contribution in [2.75, 3.05) is 45.8 Å². The maximum absolute atomic E-state index is 13.4. The minimum absolute atomic E-state index is 0.222. The van der Waals surface area contributed by atoms with Crippen molar-refractivity contribution in [1.82, 2.24) is 14.7 Å². The Bertz CT molecular complexity index is 601. The van der Waals surface area contributed by atoms with Crippen molar-refractivity contribution in [2.24, 2.45) is 5.73 Å². The van der Waals surface area contributed by atoms with Gasteiger partial charge in [0, 0.05) is 32.7 Å². The first-order valence-corrected chi connectivity index (χ1v) is 9.73. The Balaban J connectivity index is 1.77. The molecule has 2 saturated heterocycles. The molecule has 2 N–H and O–H groups in total. The number of hydrogen-bond donors (Lipinski definition) is 1. The number of carbonyl (C=O) groups is 2. The van der Waals surface area contributed by atoms with Crippen molar-refractivity contribution in [3.63, 3.8) is 0 Å². The lowest BCUT2D eigenvalue weighted by atomic mass is 10.0. The van der Waals surface area contributed by atoms with Gasteiger partial charge >= 0.3 is 0 Å². The highest BCUT2D eigenvalue weighted by Gasteiger charge is 2.32. The van der Waals surface area contributed by atoms with Gasteiger partial charge in [0.25, 0.3) is 0 Å². The first-order valence-electron chi connectivity index (χ1n) is 9.73. The maximum atomic E-state index is 13.4. The minimum atomic E-state index is -0.289. The first kappa shape index (κ1) is 18.9. The molecule has 6 nitrogen and oxygen atoms in total. The summed E-state index contributed by atoms with van der Waals surface area (Å²) in [5.41, 5.74) is 6.41. The van der Waals surface area contributed by atoms with Gasteiger partial charge in [-0.05, 0) is 37.8 Å². The van der Waals surface area contributed by atoms with Crippen LogP contribution in [0, 0.1) is 0 Å². The quantitative estimate of drug-likeness (QED) is 0.860. The van der Waals surface area contributed by atoms with Gasteiger partial charge in [-0.1, -0.05) is 30.3 Å². The molecule has 0 aliphatic carbocycles. The summed E-state index contributed by atoms with van der Waals surface area (Å²) >= 11 is 0. The van der Waals surface area contributed by atoms with Crippen LogP contribution < -0.4 is 5.73 Å². The number of nitrogens with zero attached hydrogens (tertiary/aromatic N) is 3. The third-order valence-electron chi connectivity index (χ3n) is 5.38. The zero-order valence-electron chi connectivity index (χ0n) is 15.5. The van der Waals surface area contributed by atoms with Crippen LogP contribution in [-0.2, 0) is 9.59 Å². The summed E-state index contributed by atoms with van der Waals surface area (Å²) in [4.78, 5) is 31.0. The molecule has 2 aliphatic heterocycles. The zero-order valence-corrected chi connectivity index (χ0v) is 15.5. The summed E-state index contributed by atoms with van der Waals surface area (Å²) in [6.07, 6.45) is 4.34. The lowest BCUT2D eigenvalue weighted by Gasteiger charge is -2.36. The van der Waals surface area contributed by atoms with E-state index in [1.807, 2.05) is 23.1 Å². The highest BCUT2D eigenvalue weighted by atomic mass is 16.2. The van der Waals surface area contributed by atoms with Crippen LogP contribution in [0.1, 0.15) is 37.3 Å². The van der Waals surface area contributed by atoms with Crippen molar-refractivity contribution in [3.8, 4) is 0 Å². The number of nitrogens with two attached hydrogens (primary N) is 1. The summed E-state index contributed by atoms with van der Waals surface area (Å²) in [7, 11) is 0. The van der Waals surface area contributed by atoms with E-state index in [-0.39, 0.29) is 17.9 Å². The van der Waals surface area contributed by atoms with Gasteiger partial charge in [0.1, 0.15) is 6.04 Å². The van der Waals surface area contributed by atoms with E-state index in [1.54, 1.807) is 0 Å². The van der Waals surface area contributed by atoms with Crippen LogP contribution in [0.4, 0.5) is 0 Å². The number of amides is 2. The van der Waals surface area contributed by atoms with E-state index in [1.165, 1.54) is 6.42 Å². The Morgan fingerprint density at radius 2 is 1.62 bits per heavy atom. The molecule has 6 heteroatoms. The van der Waals surface area contributed by atoms with Gasteiger partial charge in [0.2, 0.25) is 11.8 Å². The second-order valence-corrected chi connectivity index (χ2v) is 7.33. The van der Waals surface area contributed by atoms with Crippen molar-refractivity contribution in [1.29, 1.82) is 0 Å². The van der Waals surface area contributed by atoms with Crippen molar-refractivity contribution < 1.29 is 9.59 Å². The molecule has 0 saturated carbocycles. The SMILES string of the molecule is NC(=O)CN1CCCN(C(C(=O)N2CCCCC2)c2ccccc2)CC1. The van der Waals surface area contributed by atoms with Crippen LogP contribution in [0.5, 0.6) is 0 Å². The molecule has 0 radical (unpaired) electrons. The highest BCUT2D eigenvalue weighted by molar-refractivity contribution is 5.83. The number of benzene rings is 1. The number of carbonyl (C=O) groups excluding carboxylic acids is 2. The van der Waals surface area contributed by atoms with Crippen LogP contribution in [0.2, 0.25) is 0 Å². The number of primary amides is 1. The third-order valence-corrected chi connectivity index (χ3v) is 5.38. The molecule has 2 aliphatic rings. The Hall–Kier alpha value is -1.92. The van der Waals surface area contributed by atoms with Gasteiger partial charge < -0.3 is 10.6 Å². The molecule has 1 aromatic carbocycles. The van der Waals surface area contributed by atoms with Crippen LogP contribution >= 0.6 is 0 Å². The lowest BCUT2D eigenvalue weighted by molar-refractivity contribution is -0.138. The smallest absolute Gasteiger partial charge is 0.244 e. The van der Waals surface area contributed by atoms with Crippen LogP contribution in [0.15, 0.2) is 30.3 Å². The van der Waals surface area contributed by atoms with Gasteiger partial charge in [-0.15, -0.1) is 0 Å². The highest BCUT2D eigenvalue weighted by Crippen LogP contribution is 2.26. The molecule has 1 atom stereocenters. The average Bonchev–Trinajstić information content (AvgIpc) is 2.89. The predicted octanol–water partition coefficient (Wildman–Crippen LogP) is 1.23. The molecule has 26 heavy (non-hydrogen) atoms. The van der Waals surface area contributed by atoms with Crippen molar-refractivity contribution in [2.45, 2.75) is 31.7 Å². The van der Waals surface area contributed by atoms with E-state index in [0.29, 0.717) is 6.54 Å². The van der Waals surface area contributed by atoms with Gasteiger partial charge in [0.15, 0.2) is 0 Å². The Morgan fingerprint density at radius 3 is 2.31 bits per heavy atom. The summed E-state index contributed by atoms with van der Waals surface area (Å²) < 4.78 is 0. The summed E-state index contributed by atoms with van der Waals surface area (Å²) in [5.74, 6) is -0.0679. The van der Waals surface area contributed by atoms with E-state index in [2.05, 4.69) is 21.9 Å². The van der Waals surface area contributed by atoms with Gasteiger partial charge in [0.05, 0.1) is 6.54 Å². The van der Waals surface area contributed by atoms with E-state index >= 15 is 0 Å². The molecule has 2 amide bonds. The molecule has 2 fully saturated rings. The largest absolute Gasteiger partial charge is 0.369 e. The molecule has 0 bridgehead atoms. The molecule has 0 spiro atoms. The number of piperidine rings is 1. The van der Waals surface area contributed by atoms with E-state index < -0.39 is 0 Å². The zero-order chi connectivity index (χ0) is 18.4.